The standard InChI is InChI=1S/C16H18FN3O2S/c1-11(12-4-6-13(7-5-12)23(3)22)20(2)16(21)19-15-8-9-18-10-14(15)17/h4-11H,1-3H3,(H,18,19,21). The van der Waals surface area contributed by atoms with E-state index in [1.54, 1.807) is 25.4 Å². The molecule has 23 heavy (non-hydrogen) atoms. The van der Waals surface area contributed by atoms with Crippen molar-refractivity contribution in [1.82, 2.24) is 9.88 Å². The molecule has 1 N–H and O–H groups in total. The first kappa shape index (κ1) is 17.1. The van der Waals surface area contributed by atoms with Crippen LogP contribution in [-0.2, 0) is 10.8 Å². The summed E-state index contributed by atoms with van der Waals surface area (Å²) in [5, 5.41) is 2.51. The van der Waals surface area contributed by atoms with Crippen molar-refractivity contribution in [1.29, 1.82) is 0 Å². The van der Waals surface area contributed by atoms with Gasteiger partial charge in [0.05, 0.1) is 17.9 Å². The number of rotatable bonds is 4. The molecule has 0 radical (unpaired) electrons. The topological polar surface area (TPSA) is 62.3 Å². The molecule has 2 aromatic rings. The maximum Gasteiger partial charge on any atom is 0.322 e. The molecule has 1 aromatic carbocycles. The normalized spacial score (nSPS) is 13.2. The molecule has 7 heteroatoms. The van der Waals surface area contributed by atoms with Gasteiger partial charge in [0.25, 0.3) is 0 Å². The molecular weight excluding hydrogens is 317 g/mol. The lowest BCUT2D eigenvalue weighted by molar-refractivity contribution is 0.208. The zero-order chi connectivity index (χ0) is 17.0. The minimum absolute atomic E-state index is 0.0841. The summed E-state index contributed by atoms with van der Waals surface area (Å²) in [6.07, 6.45) is 4.07. The zero-order valence-corrected chi connectivity index (χ0v) is 13.9. The molecule has 2 atom stereocenters. The van der Waals surface area contributed by atoms with Gasteiger partial charge in [-0.1, -0.05) is 12.1 Å². The van der Waals surface area contributed by atoms with E-state index in [1.807, 2.05) is 19.1 Å². The van der Waals surface area contributed by atoms with E-state index in [-0.39, 0.29) is 11.7 Å². The third-order valence-electron chi connectivity index (χ3n) is 3.61. The quantitative estimate of drug-likeness (QED) is 0.933. The lowest BCUT2D eigenvalue weighted by Gasteiger charge is -2.25. The molecule has 122 valence electrons. The van der Waals surface area contributed by atoms with Crippen molar-refractivity contribution in [3.8, 4) is 0 Å². The number of carbonyl (C=O) groups is 1. The number of amides is 2. The third kappa shape index (κ3) is 4.13. The Morgan fingerprint density at radius 3 is 2.52 bits per heavy atom. The molecule has 2 rings (SSSR count). The van der Waals surface area contributed by atoms with Crippen LogP contribution in [0.3, 0.4) is 0 Å². The largest absolute Gasteiger partial charge is 0.322 e. The Morgan fingerprint density at radius 2 is 1.96 bits per heavy atom. The van der Waals surface area contributed by atoms with E-state index in [4.69, 9.17) is 0 Å². The van der Waals surface area contributed by atoms with Gasteiger partial charge in [0.15, 0.2) is 5.82 Å². The molecule has 5 nitrogen and oxygen atoms in total. The third-order valence-corrected chi connectivity index (χ3v) is 4.55. The van der Waals surface area contributed by atoms with Crippen molar-refractivity contribution in [3.05, 3.63) is 54.1 Å². The Balaban J connectivity index is 2.09. The predicted octanol–water partition coefficient (Wildman–Crippen LogP) is 3.18. The molecule has 0 aliphatic carbocycles. The number of pyridine rings is 1. The average Bonchev–Trinajstić information content (AvgIpc) is 2.55. The van der Waals surface area contributed by atoms with Crippen molar-refractivity contribution < 1.29 is 13.4 Å². The summed E-state index contributed by atoms with van der Waals surface area (Å²) in [6, 6.07) is 7.96. The number of hydrogen-bond donors (Lipinski definition) is 1. The molecule has 0 bridgehead atoms. The highest BCUT2D eigenvalue weighted by Gasteiger charge is 2.18. The van der Waals surface area contributed by atoms with Crippen LogP contribution in [0, 0.1) is 5.82 Å². The number of aromatic nitrogens is 1. The number of nitrogens with one attached hydrogen (secondary N) is 1. The smallest absolute Gasteiger partial charge is 0.321 e. The molecule has 1 aromatic heterocycles. The van der Waals surface area contributed by atoms with Crippen LogP contribution in [0.4, 0.5) is 14.9 Å². The highest BCUT2D eigenvalue weighted by Crippen LogP contribution is 2.21. The molecule has 0 fully saturated rings. The summed E-state index contributed by atoms with van der Waals surface area (Å²) in [6.45, 7) is 1.86. The second kappa shape index (κ2) is 7.32. The fourth-order valence-electron chi connectivity index (χ4n) is 2.02. The van der Waals surface area contributed by atoms with Crippen LogP contribution in [0.2, 0.25) is 0 Å². The van der Waals surface area contributed by atoms with E-state index >= 15 is 0 Å². The van der Waals surface area contributed by atoms with Crippen LogP contribution in [0.5, 0.6) is 0 Å². The molecule has 0 saturated heterocycles. The first-order valence-electron chi connectivity index (χ1n) is 6.97. The van der Waals surface area contributed by atoms with Gasteiger partial charge in [-0.15, -0.1) is 0 Å². The SMILES string of the molecule is CC(c1ccc(S(C)=O)cc1)N(C)C(=O)Nc1ccncc1F. The van der Waals surface area contributed by atoms with Gasteiger partial charge in [-0.05, 0) is 30.7 Å². The van der Waals surface area contributed by atoms with Gasteiger partial charge in [0.2, 0.25) is 0 Å². The Bertz CT molecular complexity index is 722. The summed E-state index contributed by atoms with van der Waals surface area (Å²) in [5.41, 5.74) is 0.979. The van der Waals surface area contributed by atoms with E-state index in [2.05, 4.69) is 10.3 Å². The number of carbonyl (C=O) groups excluding carboxylic acids is 1. The number of halogens is 1. The van der Waals surface area contributed by atoms with Crippen molar-refractivity contribution in [2.24, 2.45) is 0 Å². The lowest BCUT2D eigenvalue weighted by Crippen LogP contribution is -2.33. The monoisotopic (exact) mass is 335 g/mol. The number of hydrogen-bond acceptors (Lipinski definition) is 3. The maximum atomic E-state index is 13.5. The molecule has 0 aliphatic heterocycles. The summed E-state index contributed by atoms with van der Waals surface area (Å²) in [5.74, 6) is -0.586. The molecule has 0 saturated carbocycles. The molecule has 2 unspecified atom stereocenters. The van der Waals surface area contributed by atoms with Crippen molar-refractivity contribution in [3.63, 3.8) is 0 Å². The van der Waals surface area contributed by atoms with E-state index in [0.717, 1.165) is 16.7 Å². The van der Waals surface area contributed by atoms with Gasteiger partial charge >= 0.3 is 6.03 Å². The van der Waals surface area contributed by atoms with Crippen LogP contribution >= 0.6 is 0 Å². The first-order valence-corrected chi connectivity index (χ1v) is 8.52. The molecular formula is C16H18FN3O2S. The van der Waals surface area contributed by atoms with Gasteiger partial charge < -0.3 is 10.2 Å². The van der Waals surface area contributed by atoms with E-state index in [9.17, 15) is 13.4 Å². The fraction of sp³-hybridized carbons (Fsp3) is 0.250. The van der Waals surface area contributed by atoms with Gasteiger partial charge in [-0.3, -0.25) is 9.19 Å². The number of anilines is 1. The first-order chi connectivity index (χ1) is 10.9. The predicted molar refractivity (Wildman–Crippen MR) is 88.2 cm³/mol. The average molecular weight is 335 g/mol. The van der Waals surface area contributed by atoms with Gasteiger partial charge in [0.1, 0.15) is 0 Å². The van der Waals surface area contributed by atoms with Gasteiger partial charge in [-0.2, -0.15) is 0 Å². The maximum absolute atomic E-state index is 13.5. The van der Waals surface area contributed by atoms with Gasteiger partial charge in [-0.25, -0.2) is 9.18 Å². The van der Waals surface area contributed by atoms with Crippen LogP contribution in [-0.4, -0.2) is 33.4 Å². The Hall–Kier alpha value is -2.28. The second-order valence-electron chi connectivity index (χ2n) is 5.10. The second-order valence-corrected chi connectivity index (χ2v) is 6.48. The fourth-order valence-corrected chi connectivity index (χ4v) is 2.54. The molecule has 0 spiro atoms. The van der Waals surface area contributed by atoms with Crippen molar-refractivity contribution in [2.75, 3.05) is 18.6 Å². The highest BCUT2D eigenvalue weighted by molar-refractivity contribution is 7.84. The number of nitrogens with zero attached hydrogens (tertiary/aromatic N) is 2. The summed E-state index contributed by atoms with van der Waals surface area (Å²) < 4.78 is 24.9. The van der Waals surface area contributed by atoms with E-state index < -0.39 is 22.6 Å². The number of urea groups is 1. The summed E-state index contributed by atoms with van der Waals surface area (Å²) in [4.78, 5) is 18.1. The van der Waals surface area contributed by atoms with Crippen LogP contribution in [0.25, 0.3) is 0 Å². The molecule has 2 amide bonds. The minimum Gasteiger partial charge on any atom is -0.321 e. The van der Waals surface area contributed by atoms with Crippen LogP contribution in [0.1, 0.15) is 18.5 Å². The summed E-state index contributed by atoms with van der Waals surface area (Å²) >= 11 is 0. The van der Waals surface area contributed by atoms with Gasteiger partial charge in [0, 0.05) is 35.2 Å². The lowest BCUT2D eigenvalue weighted by atomic mass is 10.1. The highest BCUT2D eigenvalue weighted by atomic mass is 32.2. The van der Waals surface area contributed by atoms with E-state index in [0.29, 0.717) is 0 Å². The van der Waals surface area contributed by atoms with Crippen LogP contribution in [0.15, 0.2) is 47.6 Å². The minimum atomic E-state index is -1.04. The summed E-state index contributed by atoms with van der Waals surface area (Å²) in [7, 11) is 0.590. The van der Waals surface area contributed by atoms with Crippen LogP contribution < -0.4 is 5.32 Å². The number of benzene rings is 1. The van der Waals surface area contributed by atoms with E-state index in [1.165, 1.54) is 17.2 Å². The Kier molecular flexibility index (Phi) is 5.44. The zero-order valence-electron chi connectivity index (χ0n) is 13.1. The Labute approximate surface area is 137 Å². The molecule has 0 aliphatic rings. The Morgan fingerprint density at radius 1 is 1.30 bits per heavy atom. The van der Waals surface area contributed by atoms with Crippen molar-refractivity contribution in [2.45, 2.75) is 17.9 Å². The van der Waals surface area contributed by atoms with Crippen molar-refractivity contribution >= 4 is 22.5 Å². The molecule has 1 heterocycles.